The van der Waals surface area contributed by atoms with Crippen LogP contribution in [0.4, 0.5) is 0 Å². The quantitative estimate of drug-likeness (QED) is 0.552. The van der Waals surface area contributed by atoms with Crippen molar-refractivity contribution >= 4 is 15.9 Å². The van der Waals surface area contributed by atoms with Crippen molar-refractivity contribution in [3.63, 3.8) is 0 Å². The van der Waals surface area contributed by atoms with E-state index in [1.54, 1.807) is 0 Å². The van der Waals surface area contributed by atoms with Crippen LogP contribution in [-0.4, -0.2) is 17.5 Å². The fourth-order valence-corrected chi connectivity index (χ4v) is 2.48. The summed E-state index contributed by atoms with van der Waals surface area (Å²) in [5.74, 6) is 0.803. The van der Waals surface area contributed by atoms with Crippen LogP contribution in [0, 0.1) is 5.92 Å². The Bertz CT molecular complexity index is 138. The van der Waals surface area contributed by atoms with E-state index in [2.05, 4.69) is 43.6 Å². The van der Waals surface area contributed by atoms with E-state index in [-0.39, 0.29) is 0 Å². The Hall–Kier alpha value is 0.440. The predicted octanol–water partition coefficient (Wildman–Crippen LogP) is 4.78. The van der Waals surface area contributed by atoms with Gasteiger partial charge in [0.2, 0.25) is 0 Å². The van der Waals surface area contributed by atoms with Gasteiger partial charge in [0.05, 0.1) is 6.10 Å². The average molecular weight is 279 g/mol. The molecular formula is C13H27BrO. The standard InChI is InChI=1S/C13H27BrO/c1-5-8-11(3)13(14)10-7-9-12(4)15-6-2/h11-13H,5-10H2,1-4H3. The molecule has 0 aromatic rings. The fraction of sp³-hybridized carbons (Fsp3) is 1.00. The first-order valence-corrected chi connectivity index (χ1v) is 7.29. The number of alkyl halides is 1. The van der Waals surface area contributed by atoms with Gasteiger partial charge in [-0.15, -0.1) is 0 Å². The number of ether oxygens (including phenoxy) is 1. The molecule has 0 aliphatic carbocycles. The number of rotatable bonds is 9. The second kappa shape index (κ2) is 9.65. The summed E-state index contributed by atoms with van der Waals surface area (Å²) in [6.45, 7) is 9.67. The summed E-state index contributed by atoms with van der Waals surface area (Å²) < 4.78 is 5.52. The third kappa shape index (κ3) is 8.27. The van der Waals surface area contributed by atoms with Gasteiger partial charge in [-0.25, -0.2) is 0 Å². The molecule has 3 atom stereocenters. The van der Waals surface area contributed by atoms with Crippen molar-refractivity contribution in [1.82, 2.24) is 0 Å². The zero-order valence-electron chi connectivity index (χ0n) is 10.8. The van der Waals surface area contributed by atoms with Crippen molar-refractivity contribution < 1.29 is 4.74 Å². The third-order valence-electron chi connectivity index (χ3n) is 2.90. The molecule has 0 aromatic heterocycles. The van der Waals surface area contributed by atoms with E-state index < -0.39 is 0 Å². The molecule has 0 heterocycles. The van der Waals surface area contributed by atoms with Crippen molar-refractivity contribution in [2.45, 2.75) is 70.7 Å². The van der Waals surface area contributed by atoms with Crippen LogP contribution in [0.15, 0.2) is 0 Å². The van der Waals surface area contributed by atoms with Crippen LogP contribution in [-0.2, 0) is 4.74 Å². The van der Waals surface area contributed by atoms with Crippen LogP contribution in [0.5, 0.6) is 0 Å². The van der Waals surface area contributed by atoms with Gasteiger partial charge in [-0.3, -0.25) is 0 Å². The van der Waals surface area contributed by atoms with E-state index in [9.17, 15) is 0 Å². The van der Waals surface area contributed by atoms with Gasteiger partial charge < -0.3 is 4.74 Å². The molecule has 92 valence electrons. The molecule has 0 radical (unpaired) electrons. The van der Waals surface area contributed by atoms with E-state index in [0.29, 0.717) is 10.9 Å². The maximum Gasteiger partial charge on any atom is 0.0546 e. The van der Waals surface area contributed by atoms with E-state index in [4.69, 9.17) is 4.74 Å². The van der Waals surface area contributed by atoms with Gasteiger partial charge >= 0.3 is 0 Å². The molecule has 0 spiro atoms. The summed E-state index contributed by atoms with van der Waals surface area (Å²) >= 11 is 3.79. The first-order chi connectivity index (χ1) is 7.11. The summed E-state index contributed by atoms with van der Waals surface area (Å²) in [6.07, 6.45) is 6.78. The molecule has 0 bridgehead atoms. The minimum Gasteiger partial charge on any atom is -0.379 e. The van der Waals surface area contributed by atoms with Gasteiger partial charge in [0.25, 0.3) is 0 Å². The molecule has 15 heavy (non-hydrogen) atoms. The van der Waals surface area contributed by atoms with Crippen LogP contribution < -0.4 is 0 Å². The molecule has 0 fully saturated rings. The highest BCUT2D eigenvalue weighted by Crippen LogP contribution is 2.23. The molecule has 0 rings (SSSR count). The van der Waals surface area contributed by atoms with Crippen molar-refractivity contribution in [3.8, 4) is 0 Å². The van der Waals surface area contributed by atoms with Crippen molar-refractivity contribution in [2.75, 3.05) is 6.61 Å². The minimum absolute atomic E-state index is 0.427. The highest BCUT2D eigenvalue weighted by atomic mass is 79.9. The smallest absolute Gasteiger partial charge is 0.0546 e. The van der Waals surface area contributed by atoms with Gasteiger partial charge in [-0.05, 0) is 45.4 Å². The first kappa shape index (κ1) is 15.4. The van der Waals surface area contributed by atoms with Crippen molar-refractivity contribution in [1.29, 1.82) is 0 Å². The Kier molecular flexibility index (Phi) is 9.93. The Morgan fingerprint density at radius 1 is 1.07 bits per heavy atom. The summed E-state index contributed by atoms with van der Waals surface area (Å²) in [5, 5.41) is 0. The molecule has 0 N–H and O–H groups in total. The van der Waals surface area contributed by atoms with Gasteiger partial charge in [0.1, 0.15) is 0 Å². The summed E-state index contributed by atoms with van der Waals surface area (Å²) in [5.41, 5.74) is 0. The summed E-state index contributed by atoms with van der Waals surface area (Å²) in [6, 6.07) is 0. The largest absolute Gasteiger partial charge is 0.379 e. The molecule has 0 saturated carbocycles. The van der Waals surface area contributed by atoms with Gasteiger partial charge in [-0.1, -0.05) is 36.2 Å². The van der Waals surface area contributed by atoms with Crippen LogP contribution >= 0.6 is 15.9 Å². The van der Waals surface area contributed by atoms with E-state index in [1.165, 1.54) is 32.1 Å². The lowest BCUT2D eigenvalue weighted by molar-refractivity contribution is 0.0683. The molecule has 2 heteroatoms. The van der Waals surface area contributed by atoms with Crippen LogP contribution in [0.1, 0.15) is 59.8 Å². The summed E-state index contributed by atoms with van der Waals surface area (Å²) in [7, 11) is 0. The molecule has 0 aliphatic heterocycles. The normalized spacial score (nSPS) is 17.4. The Morgan fingerprint density at radius 3 is 2.27 bits per heavy atom. The highest BCUT2D eigenvalue weighted by molar-refractivity contribution is 9.09. The van der Waals surface area contributed by atoms with E-state index >= 15 is 0 Å². The minimum atomic E-state index is 0.427. The lowest BCUT2D eigenvalue weighted by Crippen LogP contribution is -2.13. The van der Waals surface area contributed by atoms with Crippen LogP contribution in [0.3, 0.4) is 0 Å². The van der Waals surface area contributed by atoms with Crippen LogP contribution in [0.2, 0.25) is 0 Å². The van der Waals surface area contributed by atoms with Gasteiger partial charge in [0, 0.05) is 11.4 Å². The predicted molar refractivity (Wildman–Crippen MR) is 71.7 cm³/mol. The average Bonchev–Trinajstić information content (AvgIpc) is 2.18. The third-order valence-corrected chi connectivity index (χ3v) is 4.26. The zero-order chi connectivity index (χ0) is 11.7. The number of hydrogen-bond acceptors (Lipinski definition) is 1. The Balaban J connectivity index is 3.49. The molecule has 0 aromatic carbocycles. The first-order valence-electron chi connectivity index (χ1n) is 6.37. The van der Waals surface area contributed by atoms with Gasteiger partial charge in [-0.2, -0.15) is 0 Å². The topological polar surface area (TPSA) is 9.23 Å². The van der Waals surface area contributed by atoms with Crippen LogP contribution in [0.25, 0.3) is 0 Å². The van der Waals surface area contributed by atoms with E-state index in [0.717, 1.165) is 12.5 Å². The molecule has 1 nitrogen and oxygen atoms in total. The van der Waals surface area contributed by atoms with Crippen molar-refractivity contribution in [3.05, 3.63) is 0 Å². The summed E-state index contributed by atoms with van der Waals surface area (Å²) in [4.78, 5) is 0.686. The maximum absolute atomic E-state index is 5.52. The maximum atomic E-state index is 5.52. The number of hydrogen-bond donors (Lipinski definition) is 0. The zero-order valence-corrected chi connectivity index (χ0v) is 12.3. The van der Waals surface area contributed by atoms with Gasteiger partial charge in [0.15, 0.2) is 0 Å². The fourth-order valence-electron chi connectivity index (χ4n) is 1.89. The highest BCUT2D eigenvalue weighted by Gasteiger charge is 2.13. The molecular weight excluding hydrogens is 252 g/mol. The molecule has 0 aliphatic rings. The monoisotopic (exact) mass is 278 g/mol. The second-order valence-corrected chi connectivity index (χ2v) is 5.65. The van der Waals surface area contributed by atoms with E-state index in [1.807, 2.05) is 0 Å². The molecule has 0 saturated heterocycles. The number of halogens is 1. The molecule has 3 unspecified atom stereocenters. The SMILES string of the molecule is CCCC(C)C(Br)CCCC(C)OCC. The Morgan fingerprint density at radius 2 is 1.73 bits per heavy atom. The second-order valence-electron chi connectivity index (χ2n) is 4.48. The lowest BCUT2D eigenvalue weighted by atomic mass is 9.98. The molecule has 0 amide bonds. The van der Waals surface area contributed by atoms with Crippen molar-refractivity contribution in [2.24, 2.45) is 5.92 Å². The Labute approximate surface area is 104 Å². The lowest BCUT2D eigenvalue weighted by Gasteiger charge is -2.18.